The number of carboxylic acid groups (broad SMARTS) is 1. The number of carboxylic acids is 1. The van der Waals surface area contributed by atoms with Crippen LogP contribution in [0.5, 0.6) is 11.5 Å². The lowest BCUT2D eigenvalue weighted by atomic mass is 9.89. The van der Waals surface area contributed by atoms with Crippen molar-refractivity contribution in [1.29, 1.82) is 0 Å². The number of methoxy groups -OCH3 is 2. The number of anilines is 1. The number of carbonyl (C=O) groups is 1. The van der Waals surface area contributed by atoms with Crippen LogP contribution in [0.3, 0.4) is 0 Å². The lowest BCUT2D eigenvalue weighted by Gasteiger charge is -2.21. The third-order valence-electron chi connectivity index (χ3n) is 7.81. The summed E-state index contributed by atoms with van der Waals surface area (Å²) in [6.45, 7) is 2.44. The van der Waals surface area contributed by atoms with E-state index in [2.05, 4.69) is 36.5 Å². The molecule has 0 amide bonds. The van der Waals surface area contributed by atoms with Crippen LogP contribution < -0.4 is 14.8 Å². The van der Waals surface area contributed by atoms with Crippen LogP contribution in [0, 0.1) is 12.7 Å². The summed E-state index contributed by atoms with van der Waals surface area (Å²) in [4.78, 5) is 21.6. The number of halogens is 1. The number of aryl methyl sites for hydroxylation is 1. The lowest BCUT2D eigenvalue weighted by molar-refractivity contribution is 0.0693. The fourth-order valence-electron chi connectivity index (χ4n) is 5.65. The van der Waals surface area contributed by atoms with Gasteiger partial charge in [0.15, 0.2) is 0 Å². The quantitative estimate of drug-likeness (QED) is 0.250. The number of nitrogens with zero attached hydrogens (tertiary/aromatic N) is 2. The van der Waals surface area contributed by atoms with E-state index in [0.29, 0.717) is 42.1 Å². The number of rotatable bonds is 6. The highest BCUT2D eigenvalue weighted by molar-refractivity contribution is 6.18. The Balaban J connectivity index is 1.47. The second-order valence-corrected chi connectivity index (χ2v) is 10.4. The molecule has 6 rings (SSSR count). The second-order valence-electron chi connectivity index (χ2n) is 10.4. The lowest BCUT2D eigenvalue weighted by Crippen LogP contribution is -2.17. The Bertz CT molecular complexity index is 1860. The SMILES string of the molecule is COc1cc(NC2=NC3=C(CC2)CN=C(c2c(F)cccc2OC)c2cc(-c4ccccc4C)ccc23)ccc1C(=O)O. The Morgan fingerprint density at radius 3 is 2.47 bits per heavy atom. The molecule has 0 bridgehead atoms. The number of hydrogen-bond donors (Lipinski definition) is 2. The molecule has 0 radical (unpaired) electrons. The molecule has 0 spiro atoms. The van der Waals surface area contributed by atoms with Crippen LogP contribution in [0.25, 0.3) is 16.8 Å². The Morgan fingerprint density at radius 2 is 1.70 bits per heavy atom. The Hall–Kier alpha value is -5.24. The van der Waals surface area contributed by atoms with Crippen LogP contribution in [0.2, 0.25) is 0 Å². The zero-order valence-corrected chi connectivity index (χ0v) is 24.1. The number of nitrogens with one attached hydrogen (secondary N) is 1. The third-order valence-corrected chi connectivity index (χ3v) is 7.81. The number of aromatic carboxylic acids is 1. The van der Waals surface area contributed by atoms with Gasteiger partial charge in [0.1, 0.15) is 28.7 Å². The second kappa shape index (κ2) is 11.6. The van der Waals surface area contributed by atoms with Gasteiger partial charge in [-0.15, -0.1) is 0 Å². The zero-order valence-electron chi connectivity index (χ0n) is 24.1. The molecule has 2 heterocycles. The van der Waals surface area contributed by atoms with Gasteiger partial charge in [0.05, 0.1) is 37.7 Å². The number of ether oxygens (including phenoxy) is 2. The minimum atomic E-state index is -1.06. The topological polar surface area (TPSA) is 92.5 Å². The Kier molecular flexibility index (Phi) is 7.50. The predicted octanol–water partition coefficient (Wildman–Crippen LogP) is 7.38. The first-order chi connectivity index (χ1) is 20.9. The van der Waals surface area contributed by atoms with E-state index < -0.39 is 11.8 Å². The highest BCUT2D eigenvalue weighted by atomic mass is 19.1. The summed E-state index contributed by atoms with van der Waals surface area (Å²) in [6, 6.07) is 24.0. The molecule has 0 saturated heterocycles. The largest absolute Gasteiger partial charge is 0.496 e. The first kappa shape index (κ1) is 27.9. The van der Waals surface area contributed by atoms with Crippen LogP contribution in [-0.2, 0) is 0 Å². The van der Waals surface area contributed by atoms with Gasteiger partial charge in [0, 0.05) is 29.3 Å². The molecule has 216 valence electrons. The van der Waals surface area contributed by atoms with Crippen LogP contribution in [0.1, 0.15) is 45.5 Å². The van der Waals surface area contributed by atoms with E-state index in [0.717, 1.165) is 44.9 Å². The number of hydrogen-bond acceptors (Lipinski definition) is 6. The Labute approximate surface area is 249 Å². The van der Waals surface area contributed by atoms with E-state index >= 15 is 4.39 Å². The molecule has 0 fully saturated rings. The number of amidine groups is 1. The van der Waals surface area contributed by atoms with Gasteiger partial charge in [-0.3, -0.25) is 4.99 Å². The summed E-state index contributed by atoms with van der Waals surface area (Å²) in [6.07, 6.45) is 1.34. The van der Waals surface area contributed by atoms with Gasteiger partial charge in [-0.05, 0) is 65.9 Å². The fourth-order valence-corrected chi connectivity index (χ4v) is 5.65. The summed E-state index contributed by atoms with van der Waals surface area (Å²) in [5, 5.41) is 12.8. The standard InChI is InChI=1S/C35H30FN3O4/c1-20-7-4-5-8-24(20)21-11-14-25-27(17-21)34(32-28(36)9-6-10-29(32)42-2)37-19-22-12-16-31(39-33(22)25)38-23-13-15-26(35(40)41)30(18-23)43-3/h4-11,13-15,17-18H,12,16,19H2,1-3H3,(H,38,39)(H,40,41). The van der Waals surface area contributed by atoms with Crippen molar-refractivity contribution in [3.63, 3.8) is 0 Å². The average Bonchev–Trinajstić information content (AvgIpc) is 3.17. The normalized spacial score (nSPS) is 14.1. The van der Waals surface area contributed by atoms with Crippen molar-refractivity contribution in [3.05, 3.63) is 118 Å². The summed E-state index contributed by atoms with van der Waals surface area (Å²) < 4.78 is 26.4. The zero-order chi connectivity index (χ0) is 30.1. The third kappa shape index (κ3) is 5.28. The van der Waals surface area contributed by atoms with Crippen molar-refractivity contribution in [2.45, 2.75) is 19.8 Å². The molecule has 0 unspecified atom stereocenters. The monoisotopic (exact) mass is 575 g/mol. The van der Waals surface area contributed by atoms with Gasteiger partial charge < -0.3 is 19.9 Å². The minimum absolute atomic E-state index is 0.0824. The summed E-state index contributed by atoms with van der Waals surface area (Å²) in [5.74, 6) is -0.0695. The van der Waals surface area contributed by atoms with Crippen LogP contribution in [-0.4, -0.2) is 43.4 Å². The fraction of sp³-hybridized carbons (Fsp3) is 0.171. The highest BCUT2D eigenvalue weighted by Gasteiger charge is 2.28. The summed E-state index contributed by atoms with van der Waals surface area (Å²) in [5.41, 5.74) is 8.27. The minimum Gasteiger partial charge on any atom is -0.496 e. The summed E-state index contributed by atoms with van der Waals surface area (Å²) >= 11 is 0. The van der Waals surface area contributed by atoms with Crippen molar-refractivity contribution < 1.29 is 23.8 Å². The molecule has 8 heteroatoms. The summed E-state index contributed by atoms with van der Waals surface area (Å²) in [7, 11) is 2.97. The molecule has 43 heavy (non-hydrogen) atoms. The number of fused-ring (bicyclic) bond motifs is 2. The highest BCUT2D eigenvalue weighted by Crippen LogP contribution is 2.38. The van der Waals surface area contributed by atoms with E-state index in [1.54, 1.807) is 24.3 Å². The molecular formula is C35H30FN3O4. The molecule has 2 aliphatic rings. The van der Waals surface area contributed by atoms with Gasteiger partial charge in [-0.1, -0.05) is 42.5 Å². The molecule has 4 aromatic rings. The van der Waals surface area contributed by atoms with E-state index in [-0.39, 0.29) is 11.3 Å². The molecule has 7 nitrogen and oxygen atoms in total. The number of aliphatic imine (C=N–C) groups is 2. The average molecular weight is 576 g/mol. The van der Waals surface area contributed by atoms with Crippen molar-refractivity contribution in [2.75, 3.05) is 26.1 Å². The Morgan fingerprint density at radius 1 is 0.884 bits per heavy atom. The molecule has 0 aliphatic carbocycles. The predicted molar refractivity (Wildman–Crippen MR) is 167 cm³/mol. The molecule has 4 aromatic carbocycles. The van der Waals surface area contributed by atoms with E-state index in [1.807, 2.05) is 18.2 Å². The van der Waals surface area contributed by atoms with Crippen molar-refractivity contribution in [1.82, 2.24) is 0 Å². The molecular weight excluding hydrogens is 545 g/mol. The van der Waals surface area contributed by atoms with Gasteiger partial charge in [-0.25, -0.2) is 14.2 Å². The van der Waals surface area contributed by atoms with E-state index in [9.17, 15) is 9.90 Å². The van der Waals surface area contributed by atoms with Gasteiger partial charge in [0.2, 0.25) is 0 Å². The molecule has 2 N–H and O–H groups in total. The van der Waals surface area contributed by atoms with Gasteiger partial charge in [0.25, 0.3) is 0 Å². The molecule has 0 atom stereocenters. The van der Waals surface area contributed by atoms with E-state index in [1.165, 1.54) is 26.4 Å². The van der Waals surface area contributed by atoms with Gasteiger partial charge in [-0.2, -0.15) is 0 Å². The maximum Gasteiger partial charge on any atom is 0.339 e. The number of benzene rings is 4. The first-order valence-electron chi connectivity index (χ1n) is 13.9. The molecule has 0 aromatic heterocycles. The molecule has 0 saturated carbocycles. The van der Waals surface area contributed by atoms with E-state index in [4.69, 9.17) is 19.5 Å². The van der Waals surface area contributed by atoms with Gasteiger partial charge >= 0.3 is 5.97 Å². The smallest absolute Gasteiger partial charge is 0.339 e. The molecule has 2 aliphatic heterocycles. The van der Waals surface area contributed by atoms with Crippen LogP contribution >= 0.6 is 0 Å². The van der Waals surface area contributed by atoms with Crippen LogP contribution in [0.4, 0.5) is 10.1 Å². The maximum atomic E-state index is 15.5. The maximum absolute atomic E-state index is 15.5. The van der Waals surface area contributed by atoms with Crippen LogP contribution in [0.15, 0.2) is 94.4 Å². The van der Waals surface area contributed by atoms with Crippen molar-refractivity contribution in [2.24, 2.45) is 9.98 Å². The first-order valence-corrected chi connectivity index (χ1v) is 13.9. The van der Waals surface area contributed by atoms with Crippen molar-refractivity contribution >= 4 is 28.9 Å². The van der Waals surface area contributed by atoms with Crippen molar-refractivity contribution in [3.8, 4) is 22.6 Å².